The molecule has 13 heteroatoms. The number of nitrogens with zero attached hydrogens (tertiary/aromatic N) is 4. The van der Waals surface area contributed by atoms with Crippen LogP contribution in [0.1, 0.15) is 51.5 Å². The van der Waals surface area contributed by atoms with Crippen LogP contribution in [0.15, 0.2) is 54.6 Å². The van der Waals surface area contributed by atoms with Crippen molar-refractivity contribution in [1.29, 1.82) is 5.26 Å². The molecule has 3 amide bonds. The highest BCUT2D eigenvalue weighted by Crippen LogP contribution is 2.37. The Labute approximate surface area is 267 Å². The van der Waals surface area contributed by atoms with Crippen LogP contribution < -0.4 is 15.0 Å². The molecule has 10 nitrogen and oxygen atoms in total. The number of carbonyl (C=O) groups is 3. The van der Waals surface area contributed by atoms with E-state index in [0.29, 0.717) is 54.3 Å². The fourth-order valence-electron chi connectivity index (χ4n) is 6.29. The number of nitrogens with one attached hydrogen (secondary N) is 1. The fourth-order valence-corrected chi connectivity index (χ4v) is 6.66. The van der Waals surface area contributed by atoms with Gasteiger partial charge < -0.3 is 19.6 Å². The summed E-state index contributed by atoms with van der Waals surface area (Å²) in [5.74, 6) is -1.98. The number of anilines is 1. The lowest BCUT2D eigenvalue weighted by molar-refractivity contribution is -0.138. The zero-order valence-electron chi connectivity index (χ0n) is 24.8. The molecule has 3 radical (unpaired) electrons. The van der Waals surface area contributed by atoms with Crippen LogP contribution in [-0.2, 0) is 22.7 Å². The Balaban J connectivity index is 1.11. The minimum Gasteiger partial charge on any atom is -0.488 e. The van der Waals surface area contributed by atoms with Gasteiger partial charge in [0.25, 0.3) is 5.91 Å². The maximum absolute atomic E-state index is 15.4. The number of imide groups is 1. The summed E-state index contributed by atoms with van der Waals surface area (Å²) in [6, 6.07) is 15.5. The van der Waals surface area contributed by atoms with Crippen molar-refractivity contribution in [2.75, 3.05) is 37.7 Å². The molecule has 3 aromatic rings. The molecule has 0 spiro atoms. The average molecular weight is 643 g/mol. The van der Waals surface area contributed by atoms with E-state index in [1.54, 1.807) is 42.5 Å². The van der Waals surface area contributed by atoms with Crippen molar-refractivity contribution in [3.05, 3.63) is 94.0 Å². The maximum atomic E-state index is 15.4. The van der Waals surface area contributed by atoms with Crippen molar-refractivity contribution >= 4 is 33.7 Å². The number of hydrogen-bond donors (Lipinski definition) is 2. The molecule has 0 aliphatic carbocycles. The summed E-state index contributed by atoms with van der Waals surface area (Å²) < 4.78 is 35.9. The Bertz CT molecular complexity index is 1760. The predicted octanol–water partition coefficient (Wildman–Crippen LogP) is 2.53. The summed E-state index contributed by atoms with van der Waals surface area (Å²) in [5.41, 5.74) is 2.47. The molecule has 3 aliphatic heterocycles. The molecule has 2 saturated heterocycles. The SMILES string of the molecule is N#Cc1ccc(N2CCN(C(CO)c3ccc(COc4cccc5c4CN([C@]4([Si])CCC(=O)NC4=O)C5=O)c(F)c3)CC2)c(F)c1. The molecule has 2 N–H and O–H groups in total. The van der Waals surface area contributed by atoms with Gasteiger partial charge in [-0.25, -0.2) is 8.78 Å². The summed E-state index contributed by atoms with van der Waals surface area (Å²) in [4.78, 5) is 42.9. The highest BCUT2D eigenvalue weighted by molar-refractivity contribution is 6.32. The quantitative estimate of drug-likeness (QED) is 0.284. The second-order valence-electron chi connectivity index (χ2n) is 11.6. The minimum atomic E-state index is -1.38. The number of hydrogen-bond acceptors (Lipinski definition) is 8. The highest BCUT2D eigenvalue weighted by Gasteiger charge is 2.49. The number of piperidine rings is 1. The van der Waals surface area contributed by atoms with E-state index in [1.165, 1.54) is 17.0 Å². The van der Waals surface area contributed by atoms with Crippen LogP contribution in [0.2, 0.25) is 0 Å². The Morgan fingerprint density at radius 2 is 1.83 bits per heavy atom. The van der Waals surface area contributed by atoms with Gasteiger partial charge in [0, 0.05) is 49.3 Å². The van der Waals surface area contributed by atoms with Gasteiger partial charge in [0.05, 0.1) is 46.8 Å². The van der Waals surface area contributed by atoms with Gasteiger partial charge >= 0.3 is 0 Å². The number of aliphatic hydroxyl groups excluding tert-OH is 1. The first kappa shape index (κ1) is 31.3. The second-order valence-corrected chi connectivity index (χ2v) is 12.4. The van der Waals surface area contributed by atoms with Crippen molar-refractivity contribution in [3.8, 4) is 11.8 Å². The van der Waals surface area contributed by atoms with Crippen LogP contribution in [0.25, 0.3) is 0 Å². The number of halogens is 2. The lowest BCUT2D eigenvalue weighted by Crippen LogP contribution is -2.63. The number of amides is 3. The normalized spacial score (nSPS) is 20.7. The smallest absolute Gasteiger partial charge is 0.255 e. The van der Waals surface area contributed by atoms with Crippen LogP contribution >= 0.6 is 0 Å². The van der Waals surface area contributed by atoms with E-state index in [2.05, 4.69) is 15.6 Å². The minimum absolute atomic E-state index is 0.0696. The van der Waals surface area contributed by atoms with E-state index in [0.717, 1.165) is 0 Å². The van der Waals surface area contributed by atoms with E-state index in [9.17, 15) is 23.9 Å². The lowest BCUT2D eigenvalue weighted by Gasteiger charge is -2.40. The van der Waals surface area contributed by atoms with Crippen LogP contribution in [0.4, 0.5) is 14.5 Å². The van der Waals surface area contributed by atoms with Gasteiger partial charge in [-0.3, -0.25) is 24.6 Å². The van der Waals surface area contributed by atoms with Gasteiger partial charge in [-0.05, 0) is 48.4 Å². The number of nitriles is 1. The molecule has 1 unspecified atom stereocenters. The molecular weight excluding hydrogens is 612 g/mol. The van der Waals surface area contributed by atoms with Gasteiger partial charge in [-0.1, -0.05) is 18.2 Å². The van der Waals surface area contributed by atoms with E-state index in [-0.39, 0.29) is 49.6 Å². The summed E-state index contributed by atoms with van der Waals surface area (Å²) in [5, 5.41) is 20.1. The fraction of sp³-hybridized carbons (Fsp3) is 0.333. The van der Waals surface area contributed by atoms with Crippen LogP contribution in [0, 0.1) is 23.0 Å². The Morgan fingerprint density at radius 1 is 1.04 bits per heavy atom. The third-order valence-electron chi connectivity index (χ3n) is 8.92. The van der Waals surface area contributed by atoms with Gasteiger partial charge in [0.2, 0.25) is 11.8 Å². The largest absolute Gasteiger partial charge is 0.488 e. The van der Waals surface area contributed by atoms with E-state index < -0.39 is 34.7 Å². The molecule has 3 aromatic carbocycles. The molecule has 2 fully saturated rings. The summed E-state index contributed by atoms with van der Waals surface area (Å²) >= 11 is 0. The first-order chi connectivity index (χ1) is 22.1. The highest BCUT2D eigenvalue weighted by atomic mass is 28.1. The van der Waals surface area contributed by atoms with Crippen molar-refractivity contribution in [2.45, 2.75) is 37.2 Å². The first-order valence-corrected chi connectivity index (χ1v) is 15.4. The number of aliphatic hydroxyl groups is 1. The van der Waals surface area contributed by atoms with Crippen LogP contribution in [0.5, 0.6) is 5.75 Å². The number of ether oxygens (including phenoxy) is 1. The standard InChI is InChI=1S/C33H30F2N5O5Si/c34-25-15-21(28(18-41)39-12-10-38(11-13-39)27-7-4-20(16-36)14-26(27)35)5-6-22(25)19-45-29-3-1-2-23-24(29)17-40(31(23)43)33(46)9-8-30(42)37-32(33)44/h1-7,14-15,28,41H,8-13,17-19H2,(H,37,42,44)/t28?,33-/m0/s1. The summed E-state index contributed by atoms with van der Waals surface area (Å²) in [6.45, 7) is 1.73. The van der Waals surface area contributed by atoms with E-state index in [1.807, 2.05) is 15.9 Å². The Kier molecular flexibility index (Phi) is 8.60. The molecule has 0 saturated carbocycles. The number of piperazine rings is 1. The van der Waals surface area contributed by atoms with Gasteiger partial charge in [-0.2, -0.15) is 5.26 Å². The van der Waals surface area contributed by atoms with Gasteiger partial charge in [0.15, 0.2) is 0 Å². The lowest BCUT2D eigenvalue weighted by atomic mass is 10.0. The molecule has 6 rings (SSSR count). The average Bonchev–Trinajstić information content (AvgIpc) is 3.40. The van der Waals surface area contributed by atoms with E-state index in [4.69, 9.17) is 10.00 Å². The predicted molar refractivity (Wildman–Crippen MR) is 163 cm³/mol. The second kappa shape index (κ2) is 12.6. The third kappa shape index (κ3) is 5.75. The Hall–Kier alpha value is -4.64. The van der Waals surface area contributed by atoms with Crippen molar-refractivity contribution < 1.29 is 33.0 Å². The van der Waals surface area contributed by atoms with E-state index >= 15 is 4.39 Å². The zero-order valence-corrected chi connectivity index (χ0v) is 25.8. The molecule has 3 heterocycles. The van der Waals surface area contributed by atoms with Gasteiger partial charge in [0.1, 0.15) is 29.2 Å². The Morgan fingerprint density at radius 3 is 2.50 bits per heavy atom. The van der Waals surface area contributed by atoms with Gasteiger partial charge in [-0.15, -0.1) is 0 Å². The van der Waals surface area contributed by atoms with Crippen molar-refractivity contribution in [2.24, 2.45) is 0 Å². The molecule has 3 aliphatic rings. The molecule has 0 aromatic heterocycles. The molecule has 46 heavy (non-hydrogen) atoms. The number of carbonyl (C=O) groups excluding carboxylic acids is 3. The zero-order chi connectivity index (χ0) is 32.6. The van der Waals surface area contributed by atoms with Crippen molar-refractivity contribution in [3.63, 3.8) is 0 Å². The summed E-state index contributed by atoms with van der Waals surface area (Å²) in [6.07, 6.45) is 0.210. The maximum Gasteiger partial charge on any atom is 0.255 e. The first-order valence-electron chi connectivity index (χ1n) is 14.9. The van der Waals surface area contributed by atoms with Crippen molar-refractivity contribution in [1.82, 2.24) is 15.1 Å². The van der Waals surface area contributed by atoms with Crippen LogP contribution in [0.3, 0.4) is 0 Å². The number of fused-ring (bicyclic) bond motifs is 1. The molecule has 2 atom stereocenters. The molecule has 235 valence electrons. The molecule has 0 bridgehead atoms. The topological polar surface area (TPSA) is 126 Å². The number of benzene rings is 3. The molecular formula is C33H30F2N5O5Si. The monoisotopic (exact) mass is 642 g/mol. The summed E-state index contributed by atoms with van der Waals surface area (Å²) in [7, 11) is 3.47. The third-order valence-corrected chi connectivity index (χ3v) is 9.67. The number of rotatable bonds is 8. The van der Waals surface area contributed by atoms with Crippen LogP contribution in [-0.4, -0.2) is 80.8 Å².